The highest BCUT2D eigenvalue weighted by Crippen LogP contribution is 2.33. The predicted octanol–water partition coefficient (Wildman–Crippen LogP) is 0.346. The fourth-order valence-corrected chi connectivity index (χ4v) is 2.36. The molecule has 0 aliphatic carbocycles. The maximum Gasteiger partial charge on any atom is 0.148 e. The van der Waals surface area contributed by atoms with E-state index in [2.05, 4.69) is 0 Å². The number of hydrogen-bond donors (Lipinski definition) is 1. The van der Waals surface area contributed by atoms with Gasteiger partial charge in [-0.3, -0.25) is 4.79 Å². The molecule has 2 N–H and O–H groups in total. The van der Waals surface area contributed by atoms with Crippen LogP contribution in [0.15, 0.2) is 0 Å². The maximum absolute atomic E-state index is 12.3. The smallest absolute Gasteiger partial charge is 0.148 e. The van der Waals surface area contributed by atoms with Gasteiger partial charge in [0.2, 0.25) is 0 Å². The van der Waals surface area contributed by atoms with E-state index in [9.17, 15) is 4.79 Å². The Balaban J connectivity index is 2.05. The number of Topliss-reactive ketones (excluding diaryl/α,β-unsaturated/α-hetero) is 1. The Labute approximate surface area is 90.1 Å². The van der Waals surface area contributed by atoms with Crippen molar-refractivity contribution >= 4 is 5.78 Å². The van der Waals surface area contributed by atoms with E-state index < -0.39 is 5.41 Å². The molecule has 0 aromatic heterocycles. The van der Waals surface area contributed by atoms with Crippen LogP contribution < -0.4 is 5.73 Å². The van der Waals surface area contributed by atoms with Crippen LogP contribution in [0, 0.1) is 11.3 Å². The first-order chi connectivity index (χ1) is 7.14. The van der Waals surface area contributed by atoms with Gasteiger partial charge in [-0.15, -0.1) is 0 Å². The highest BCUT2D eigenvalue weighted by Gasteiger charge is 2.46. The van der Waals surface area contributed by atoms with Gasteiger partial charge in [0.25, 0.3) is 0 Å². The van der Waals surface area contributed by atoms with Crippen LogP contribution in [-0.2, 0) is 14.3 Å². The SMILES string of the molecule is CC1(C(=O)C2CCCOC2)COCC1N. The van der Waals surface area contributed by atoms with Gasteiger partial charge in [-0.05, 0) is 19.8 Å². The molecule has 2 fully saturated rings. The van der Waals surface area contributed by atoms with Crippen LogP contribution in [0.3, 0.4) is 0 Å². The zero-order chi connectivity index (χ0) is 10.9. The number of carbonyl (C=O) groups excluding carboxylic acids is 1. The molecule has 2 rings (SSSR count). The number of ether oxygens (including phenoxy) is 2. The standard InChI is InChI=1S/C11H19NO3/c1-11(7-15-6-9(11)12)10(13)8-3-2-4-14-5-8/h8-9H,2-7,12H2,1H3. The summed E-state index contributed by atoms with van der Waals surface area (Å²) in [5, 5.41) is 0. The van der Waals surface area contributed by atoms with E-state index in [0.29, 0.717) is 19.8 Å². The molecule has 3 atom stereocenters. The second kappa shape index (κ2) is 4.20. The normalized spacial score (nSPS) is 41.7. The van der Waals surface area contributed by atoms with Crippen molar-refractivity contribution in [3.05, 3.63) is 0 Å². The Bertz CT molecular complexity index is 250. The van der Waals surface area contributed by atoms with Gasteiger partial charge in [-0.1, -0.05) is 0 Å². The minimum absolute atomic E-state index is 0.0245. The number of carbonyl (C=O) groups is 1. The van der Waals surface area contributed by atoms with E-state index >= 15 is 0 Å². The summed E-state index contributed by atoms with van der Waals surface area (Å²) in [6.07, 6.45) is 1.91. The van der Waals surface area contributed by atoms with Crippen LogP contribution in [0.5, 0.6) is 0 Å². The molecule has 2 heterocycles. The molecule has 4 nitrogen and oxygen atoms in total. The molecule has 0 aromatic carbocycles. The van der Waals surface area contributed by atoms with E-state index in [1.54, 1.807) is 0 Å². The molecule has 0 spiro atoms. The van der Waals surface area contributed by atoms with Gasteiger partial charge in [-0.25, -0.2) is 0 Å². The highest BCUT2D eigenvalue weighted by molar-refractivity contribution is 5.88. The van der Waals surface area contributed by atoms with Crippen molar-refractivity contribution in [3.63, 3.8) is 0 Å². The molecule has 0 aromatic rings. The number of rotatable bonds is 2. The van der Waals surface area contributed by atoms with Gasteiger partial charge < -0.3 is 15.2 Å². The summed E-state index contributed by atoms with van der Waals surface area (Å²) in [6, 6.07) is -0.160. The third-order valence-corrected chi connectivity index (χ3v) is 3.61. The minimum Gasteiger partial charge on any atom is -0.381 e. The maximum atomic E-state index is 12.3. The molecule has 86 valence electrons. The van der Waals surface area contributed by atoms with E-state index in [1.165, 1.54) is 0 Å². The third kappa shape index (κ3) is 1.94. The summed E-state index contributed by atoms with van der Waals surface area (Å²) in [5.41, 5.74) is 5.44. The lowest BCUT2D eigenvalue weighted by atomic mass is 9.75. The Morgan fingerprint density at radius 3 is 2.73 bits per heavy atom. The monoisotopic (exact) mass is 213 g/mol. The minimum atomic E-state index is -0.495. The van der Waals surface area contributed by atoms with Gasteiger partial charge in [0.05, 0.1) is 25.2 Å². The van der Waals surface area contributed by atoms with Crippen molar-refractivity contribution < 1.29 is 14.3 Å². The first-order valence-corrected chi connectivity index (χ1v) is 5.60. The van der Waals surface area contributed by atoms with Crippen LogP contribution in [-0.4, -0.2) is 38.3 Å². The van der Waals surface area contributed by atoms with Crippen LogP contribution in [0.2, 0.25) is 0 Å². The van der Waals surface area contributed by atoms with Crippen molar-refractivity contribution in [2.45, 2.75) is 25.8 Å². The van der Waals surface area contributed by atoms with E-state index in [1.807, 2.05) is 6.92 Å². The summed E-state index contributed by atoms with van der Waals surface area (Å²) < 4.78 is 10.6. The Morgan fingerprint density at radius 2 is 2.20 bits per heavy atom. The van der Waals surface area contributed by atoms with Crippen molar-refractivity contribution in [2.75, 3.05) is 26.4 Å². The van der Waals surface area contributed by atoms with Gasteiger partial charge in [-0.2, -0.15) is 0 Å². The summed E-state index contributed by atoms with van der Waals surface area (Å²) >= 11 is 0. The van der Waals surface area contributed by atoms with Crippen molar-refractivity contribution in [2.24, 2.45) is 17.1 Å². The topological polar surface area (TPSA) is 61.5 Å². The lowest BCUT2D eigenvalue weighted by Crippen LogP contribution is -2.48. The summed E-state index contributed by atoms with van der Waals surface area (Å²) in [4.78, 5) is 12.3. The van der Waals surface area contributed by atoms with Gasteiger partial charge in [0, 0.05) is 18.6 Å². The molecule has 2 aliphatic heterocycles. The lowest BCUT2D eigenvalue weighted by Gasteiger charge is -2.31. The first kappa shape index (κ1) is 11.0. The average Bonchev–Trinajstić information content (AvgIpc) is 2.61. The van der Waals surface area contributed by atoms with Crippen LogP contribution in [0.4, 0.5) is 0 Å². The van der Waals surface area contributed by atoms with E-state index in [0.717, 1.165) is 19.4 Å². The molecular weight excluding hydrogens is 194 g/mol. The second-order valence-electron chi connectivity index (χ2n) is 4.82. The molecule has 4 heteroatoms. The number of ketones is 1. The molecule has 0 radical (unpaired) electrons. The van der Waals surface area contributed by atoms with Gasteiger partial charge in [0.15, 0.2) is 0 Å². The van der Waals surface area contributed by atoms with Gasteiger partial charge >= 0.3 is 0 Å². The lowest BCUT2D eigenvalue weighted by molar-refractivity contribution is -0.136. The zero-order valence-electron chi connectivity index (χ0n) is 9.20. The molecule has 0 amide bonds. The first-order valence-electron chi connectivity index (χ1n) is 5.60. The quantitative estimate of drug-likeness (QED) is 0.719. The molecule has 2 saturated heterocycles. The Kier molecular flexibility index (Phi) is 3.09. The second-order valence-corrected chi connectivity index (χ2v) is 4.82. The molecule has 0 bridgehead atoms. The van der Waals surface area contributed by atoms with Crippen LogP contribution in [0.25, 0.3) is 0 Å². The largest absolute Gasteiger partial charge is 0.381 e. The van der Waals surface area contributed by atoms with Crippen molar-refractivity contribution in [3.8, 4) is 0 Å². The van der Waals surface area contributed by atoms with Crippen LogP contribution in [0.1, 0.15) is 19.8 Å². The van der Waals surface area contributed by atoms with E-state index in [-0.39, 0.29) is 17.7 Å². The fraction of sp³-hybridized carbons (Fsp3) is 0.909. The Morgan fingerprint density at radius 1 is 1.40 bits per heavy atom. The van der Waals surface area contributed by atoms with Crippen molar-refractivity contribution in [1.29, 1.82) is 0 Å². The Hall–Kier alpha value is -0.450. The highest BCUT2D eigenvalue weighted by atomic mass is 16.5. The summed E-state index contributed by atoms with van der Waals surface area (Å²) in [6.45, 7) is 4.21. The number of hydrogen-bond acceptors (Lipinski definition) is 4. The average molecular weight is 213 g/mol. The summed E-state index contributed by atoms with van der Waals surface area (Å²) in [5.74, 6) is 0.253. The molecule has 15 heavy (non-hydrogen) atoms. The fourth-order valence-electron chi connectivity index (χ4n) is 2.36. The molecule has 2 aliphatic rings. The molecular formula is C11H19NO3. The van der Waals surface area contributed by atoms with Crippen LogP contribution >= 0.6 is 0 Å². The van der Waals surface area contributed by atoms with Crippen molar-refractivity contribution in [1.82, 2.24) is 0 Å². The third-order valence-electron chi connectivity index (χ3n) is 3.61. The van der Waals surface area contributed by atoms with E-state index in [4.69, 9.17) is 15.2 Å². The predicted molar refractivity (Wildman–Crippen MR) is 55.5 cm³/mol. The van der Waals surface area contributed by atoms with Gasteiger partial charge in [0.1, 0.15) is 5.78 Å². The molecule has 3 unspecified atom stereocenters. The zero-order valence-corrected chi connectivity index (χ0v) is 9.20. The summed E-state index contributed by atoms with van der Waals surface area (Å²) in [7, 11) is 0. The number of nitrogens with two attached hydrogens (primary N) is 1. The molecule has 0 saturated carbocycles.